The number of anilines is 1. The van der Waals surface area contributed by atoms with Crippen LogP contribution in [0.2, 0.25) is 5.02 Å². The molecule has 1 aromatic carbocycles. The lowest BCUT2D eigenvalue weighted by Gasteiger charge is -2.15. The average molecular weight is 271 g/mol. The monoisotopic (exact) mass is 270 g/mol. The number of ether oxygens (including phenoxy) is 1. The van der Waals surface area contributed by atoms with Gasteiger partial charge in [-0.2, -0.15) is 0 Å². The maximum Gasteiger partial charge on any atom is 0.228 e. The summed E-state index contributed by atoms with van der Waals surface area (Å²) in [6, 6.07) is 5.14. The van der Waals surface area contributed by atoms with E-state index < -0.39 is 0 Å². The van der Waals surface area contributed by atoms with Gasteiger partial charge in [-0.15, -0.1) is 0 Å². The third-order valence-corrected chi connectivity index (χ3v) is 2.88. The van der Waals surface area contributed by atoms with E-state index in [-0.39, 0.29) is 11.8 Å². The molecule has 5 heteroatoms. The Labute approximate surface area is 112 Å². The predicted octanol–water partition coefficient (Wildman–Crippen LogP) is 2.66. The van der Waals surface area contributed by atoms with Gasteiger partial charge in [-0.3, -0.25) is 4.79 Å². The maximum absolute atomic E-state index is 12.0. The van der Waals surface area contributed by atoms with Crippen molar-refractivity contribution in [1.29, 1.82) is 0 Å². The van der Waals surface area contributed by atoms with E-state index in [1.54, 1.807) is 18.2 Å². The molecule has 1 aromatic rings. The van der Waals surface area contributed by atoms with E-state index in [4.69, 9.17) is 22.1 Å². The van der Waals surface area contributed by atoms with Crippen molar-refractivity contribution in [2.24, 2.45) is 11.7 Å². The Balaban J connectivity index is 2.88. The van der Waals surface area contributed by atoms with E-state index in [1.807, 2.05) is 13.8 Å². The first-order chi connectivity index (χ1) is 8.62. The summed E-state index contributed by atoms with van der Waals surface area (Å²) in [4.78, 5) is 12.0. The van der Waals surface area contributed by atoms with Gasteiger partial charge in [0.05, 0.1) is 18.2 Å². The molecule has 18 heavy (non-hydrogen) atoms. The minimum Gasteiger partial charge on any atom is -0.492 e. The molecule has 0 saturated heterocycles. The number of hydrogen-bond donors (Lipinski definition) is 2. The summed E-state index contributed by atoms with van der Waals surface area (Å²) < 4.78 is 5.44. The summed E-state index contributed by atoms with van der Waals surface area (Å²) in [5.41, 5.74) is 6.13. The molecule has 100 valence electrons. The van der Waals surface area contributed by atoms with Crippen LogP contribution in [-0.4, -0.2) is 19.1 Å². The minimum atomic E-state index is -0.196. The number of hydrogen-bond acceptors (Lipinski definition) is 3. The van der Waals surface area contributed by atoms with Gasteiger partial charge in [0, 0.05) is 11.6 Å². The first-order valence-electron chi connectivity index (χ1n) is 6.05. The smallest absolute Gasteiger partial charge is 0.228 e. The number of nitrogens with two attached hydrogens (primary N) is 1. The highest BCUT2D eigenvalue weighted by atomic mass is 35.5. The number of rotatable bonds is 6. The SMILES string of the molecule is CCOc1ccc(Cl)cc1NC(=O)C(CC)CN. The van der Waals surface area contributed by atoms with E-state index in [9.17, 15) is 4.79 Å². The molecule has 1 amide bonds. The van der Waals surface area contributed by atoms with Crippen LogP contribution in [0.25, 0.3) is 0 Å². The van der Waals surface area contributed by atoms with Gasteiger partial charge >= 0.3 is 0 Å². The molecule has 0 aliphatic carbocycles. The molecule has 1 atom stereocenters. The molecule has 0 aliphatic heterocycles. The third-order valence-electron chi connectivity index (χ3n) is 2.65. The second-order valence-electron chi connectivity index (χ2n) is 3.90. The predicted molar refractivity (Wildman–Crippen MR) is 74.1 cm³/mol. The molecule has 0 spiro atoms. The summed E-state index contributed by atoms with van der Waals surface area (Å²) in [6.07, 6.45) is 0.701. The molecule has 0 radical (unpaired) electrons. The lowest BCUT2D eigenvalue weighted by atomic mass is 10.1. The first kappa shape index (κ1) is 14.8. The van der Waals surface area contributed by atoms with E-state index >= 15 is 0 Å². The van der Waals surface area contributed by atoms with Crippen LogP contribution in [0.5, 0.6) is 5.75 Å². The normalized spacial score (nSPS) is 12.0. The lowest BCUT2D eigenvalue weighted by Crippen LogP contribution is -2.28. The van der Waals surface area contributed by atoms with Crippen LogP contribution >= 0.6 is 11.6 Å². The second kappa shape index (κ2) is 7.24. The Hall–Kier alpha value is -1.26. The van der Waals surface area contributed by atoms with Crippen molar-refractivity contribution in [1.82, 2.24) is 0 Å². The molecule has 0 saturated carbocycles. The highest BCUT2D eigenvalue weighted by Crippen LogP contribution is 2.28. The molecule has 3 N–H and O–H groups in total. The first-order valence-corrected chi connectivity index (χ1v) is 6.43. The molecule has 0 aliphatic rings. The Morgan fingerprint density at radius 2 is 2.22 bits per heavy atom. The van der Waals surface area contributed by atoms with Gasteiger partial charge in [-0.1, -0.05) is 18.5 Å². The van der Waals surface area contributed by atoms with Crippen molar-refractivity contribution in [3.63, 3.8) is 0 Å². The van der Waals surface area contributed by atoms with Gasteiger partial charge in [-0.05, 0) is 31.5 Å². The molecule has 0 aromatic heterocycles. The fraction of sp³-hybridized carbons (Fsp3) is 0.462. The Morgan fingerprint density at radius 1 is 1.50 bits per heavy atom. The number of benzene rings is 1. The van der Waals surface area contributed by atoms with E-state index in [0.717, 1.165) is 0 Å². The zero-order chi connectivity index (χ0) is 13.5. The fourth-order valence-corrected chi connectivity index (χ4v) is 1.75. The summed E-state index contributed by atoms with van der Waals surface area (Å²) in [7, 11) is 0. The quantitative estimate of drug-likeness (QED) is 0.835. The van der Waals surface area contributed by atoms with Gasteiger partial charge in [0.15, 0.2) is 0 Å². The third kappa shape index (κ3) is 3.89. The van der Waals surface area contributed by atoms with Crippen LogP contribution in [0.15, 0.2) is 18.2 Å². The standard InChI is InChI=1S/C13H19ClN2O2/c1-3-9(8-15)13(17)16-11-7-10(14)5-6-12(11)18-4-2/h5-7,9H,3-4,8,15H2,1-2H3,(H,16,17). The van der Waals surface area contributed by atoms with Crippen molar-refractivity contribution in [3.8, 4) is 5.75 Å². The summed E-state index contributed by atoms with van der Waals surface area (Å²) in [5.74, 6) is 0.309. The van der Waals surface area contributed by atoms with Crippen molar-refractivity contribution < 1.29 is 9.53 Å². The van der Waals surface area contributed by atoms with Crippen LogP contribution in [0.4, 0.5) is 5.69 Å². The topological polar surface area (TPSA) is 64.3 Å². The highest BCUT2D eigenvalue weighted by molar-refractivity contribution is 6.31. The zero-order valence-electron chi connectivity index (χ0n) is 10.7. The van der Waals surface area contributed by atoms with Gasteiger partial charge in [0.2, 0.25) is 5.91 Å². The Bertz CT molecular complexity index is 406. The number of amides is 1. The highest BCUT2D eigenvalue weighted by Gasteiger charge is 2.16. The van der Waals surface area contributed by atoms with Crippen LogP contribution in [0, 0.1) is 5.92 Å². The molecule has 0 heterocycles. The van der Waals surface area contributed by atoms with Gasteiger partial charge in [0.25, 0.3) is 0 Å². The molecular weight excluding hydrogens is 252 g/mol. The van der Waals surface area contributed by atoms with Crippen LogP contribution in [-0.2, 0) is 4.79 Å². The van der Waals surface area contributed by atoms with Crippen LogP contribution in [0.3, 0.4) is 0 Å². The number of carbonyl (C=O) groups is 1. The number of halogens is 1. The summed E-state index contributed by atoms with van der Waals surface area (Å²) in [6.45, 7) is 4.67. The summed E-state index contributed by atoms with van der Waals surface area (Å²) in [5, 5.41) is 3.36. The van der Waals surface area contributed by atoms with E-state index in [1.165, 1.54) is 0 Å². The van der Waals surface area contributed by atoms with Crippen molar-refractivity contribution in [2.45, 2.75) is 20.3 Å². The molecule has 4 nitrogen and oxygen atoms in total. The van der Waals surface area contributed by atoms with E-state index in [2.05, 4.69) is 5.32 Å². The zero-order valence-corrected chi connectivity index (χ0v) is 11.5. The maximum atomic E-state index is 12.0. The molecule has 1 rings (SSSR count). The largest absolute Gasteiger partial charge is 0.492 e. The van der Waals surface area contributed by atoms with Gasteiger partial charge in [-0.25, -0.2) is 0 Å². The van der Waals surface area contributed by atoms with Crippen LogP contribution in [0.1, 0.15) is 20.3 Å². The Kier molecular flexibility index (Phi) is 5.95. The number of carbonyl (C=O) groups excluding carboxylic acids is 1. The molecule has 1 unspecified atom stereocenters. The minimum absolute atomic E-state index is 0.108. The van der Waals surface area contributed by atoms with E-state index in [0.29, 0.717) is 36.0 Å². The van der Waals surface area contributed by atoms with Gasteiger partial charge < -0.3 is 15.8 Å². The van der Waals surface area contributed by atoms with Gasteiger partial charge in [0.1, 0.15) is 5.75 Å². The van der Waals surface area contributed by atoms with Crippen molar-refractivity contribution in [2.75, 3.05) is 18.5 Å². The average Bonchev–Trinajstić information content (AvgIpc) is 2.34. The van der Waals surface area contributed by atoms with Crippen LogP contribution < -0.4 is 15.8 Å². The molecular formula is C13H19ClN2O2. The molecule has 0 fully saturated rings. The number of nitrogens with one attached hydrogen (secondary N) is 1. The second-order valence-corrected chi connectivity index (χ2v) is 4.34. The lowest BCUT2D eigenvalue weighted by molar-refractivity contribution is -0.119. The Morgan fingerprint density at radius 3 is 2.78 bits per heavy atom. The fourth-order valence-electron chi connectivity index (χ4n) is 1.58. The summed E-state index contributed by atoms with van der Waals surface area (Å²) >= 11 is 5.92. The van der Waals surface area contributed by atoms with Crippen molar-refractivity contribution in [3.05, 3.63) is 23.2 Å². The molecule has 0 bridgehead atoms. The van der Waals surface area contributed by atoms with Crippen molar-refractivity contribution >= 4 is 23.2 Å².